The van der Waals surface area contributed by atoms with Gasteiger partial charge in [-0.05, 0) is 24.6 Å². The maximum absolute atomic E-state index is 12.9. The van der Waals surface area contributed by atoms with E-state index in [1.807, 2.05) is 0 Å². The first-order valence-corrected chi connectivity index (χ1v) is 6.33. The average Bonchev–Trinajstić information content (AvgIpc) is 2.82. The van der Waals surface area contributed by atoms with Gasteiger partial charge in [0.15, 0.2) is 0 Å². The highest BCUT2D eigenvalue weighted by atomic mass is 19.1. The molecule has 0 spiro atoms. The van der Waals surface area contributed by atoms with Gasteiger partial charge in [0.25, 0.3) is 5.78 Å². The number of carbonyl (C=O) groups excluding carboxylic acids is 1. The lowest BCUT2D eigenvalue weighted by molar-refractivity contribution is -0.146. The number of hydrogen-bond acceptors (Lipinski definition) is 4. The molecule has 7 heteroatoms. The van der Waals surface area contributed by atoms with Gasteiger partial charge in [0.2, 0.25) is 0 Å². The first-order chi connectivity index (χ1) is 10.4. The molecule has 0 saturated carbocycles. The molecule has 0 unspecified atom stereocenters. The van der Waals surface area contributed by atoms with Gasteiger partial charge in [0, 0.05) is 11.8 Å². The molecule has 0 aliphatic rings. The fraction of sp³-hybridized carbons (Fsp3) is 0.133. The van der Waals surface area contributed by atoms with Gasteiger partial charge < -0.3 is 10.2 Å². The van der Waals surface area contributed by atoms with Crippen LogP contribution in [0.3, 0.4) is 0 Å². The summed E-state index contributed by atoms with van der Waals surface area (Å²) in [5, 5.41) is 22.4. The molecule has 0 radical (unpaired) electrons. The zero-order valence-corrected chi connectivity index (χ0v) is 11.7. The minimum Gasteiger partial charge on any atom is -0.507 e. The van der Waals surface area contributed by atoms with Crippen LogP contribution in [0.15, 0.2) is 36.5 Å². The summed E-state index contributed by atoms with van der Waals surface area (Å²) in [6.45, 7) is 2.02. The number of carboxylic acids is 1. The van der Waals surface area contributed by atoms with E-state index in [0.717, 1.165) is 5.56 Å². The van der Waals surface area contributed by atoms with Crippen LogP contribution in [-0.2, 0) is 16.1 Å². The van der Waals surface area contributed by atoms with Gasteiger partial charge in [0.05, 0.1) is 18.3 Å². The maximum Gasteiger partial charge on any atom is 0.376 e. The number of aliphatic hydroxyl groups is 1. The highest BCUT2D eigenvalue weighted by molar-refractivity contribution is 6.38. The standard InChI is InChI=1S/C15H13FN2O4/c1-9-12(13(19)6-14(20)15(21)22)7-17-18(9)8-10-2-4-11(16)5-3-10/h2-7,19H,8H2,1H3,(H,21,22). The van der Waals surface area contributed by atoms with E-state index >= 15 is 0 Å². The predicted octanol–water partition coefficient (Wildman–Crippen LogP) is 1.93. The van der Waals surface area contributed by atoms with Gasteiger partial charge in [0.1, 0.15) is 11.6 Å². The molecule has 1 aromatic carbocycles. The molecule has 0 amide bonds. The van der Waals surface area contributed by atoms with Crippen LogP contribution in [0, 0.1) is 12.7 Å². The van der Waals surface area contributed by atoms with Crippen molar-refractivity contribution in [3.05, 3.63) is 59.2 Å². The molecule has 0 aliphatic carbocycles. The van der Waals surface area contributed by atoms with Crippen molar-refractivity contribution in [3.63, 3.8) is 0 Å². The smallest absolute Gasteiger partial charge is 0.376 e. The van der Waals surface area contributed by atoms with Crippen molar-refractivity contribution in [2.75, 3.05) is 0 Å². The van der Waals surface area contributed by atoms with E-state index in [1.165, 1.54) is 18.3 Å². The number of carboxylic acid groups (broad SMARTS) is 1. The predicted molar refractivity (Wildman–Crippen MR) is 75.7 cm³/mol. The van der Waals surface area contributed by atoms with Crippen molar-refractivity contribution < 1.29 is 24.2 Å². The number of nitrogens with zero attached hydrogens (tertiary/aromatic N) is 2. The Hall–Kier alpha value is -2.96. The SMILES string of the molecule is Cc1c(C(O)=CC(=O)C(=O)O)cnn1Cc1ccc(F)cc1. The molecule has 0 aliphatic heterocycles. The second-order valence-corrected chi connectivity index (χ2v) is 4.63. The fourth-order valence-corrected chi connectivity index (χ4v) is 1.88. The molecular formula is C15H13FN2O4. The van der Waals surface area contributed by atoms with E-state index in [-0.39, 0.29) is 11.4 Å². The number of aromatic nitrogens is 2. The van der Waals surface area contributed by atoms with Gasteiger partial charge in [-0.2, -0.15) is 5.10 Å². The summed E-state index contributed by atoms with van der Waals surface area (Å²) in [4.78, 5) is 21.5. The highest BCUT2D eigenvalue weighted by Crippen LogP contribution is 2.17. The molecule has 2 N–H and O–H groups in total. The van der Waals surface area contributed by atoms with Gasteiger partial charge in [-0.25, -0.2) is 9.18 Å². The quantitative estimate of drug-likeness (QED) is 0.500. The van der Waals surface area contributed by atoms with Gasteiger partial charge in [-0.15, -0.1) is 0 Å². The van der Waals surface area contributed by atoms with Gasteiger partial charge in [-0.3, -0.25) is 9.48 Å². The van der Waals surface area contributed by atoms with Crippen LogP contribution in [0.4, 0.5) is 4.39 Å². The number of halogens is 1. The highest BCUT2D eigenvalue weighted by Gasteiger charge is 2.15. The van der Waals surface area contributed by atoms with E-state index in [2.05, 4.69) is 5.10 Å². The van der Waals surface area contributed by atoms with Crippen LogP contribution >= 0.6 is 0 Å². The zero-order chi connectivity index (χ0) is 16.3. The lowest BCUT2D eigenvalue weighted by Crippen LogP contribution is -2.09. The van der Waals surface area contributed by atoms with Crippen molar-refractivity contribution in [2.45, 2.75) is 13.5 Å². The van der Waals surface area contributed by atoms with Crippen LogP contribution < -0.4 is 0 Å². The first-order valence-electron chi connectivity index (χ1n) is 6.33. The number of benzene rings is 1. The van der Waals surface area contributed by atoms with E-state index < -0.39 is 17.5 Å². The van der Waals surface area contributed by atoms with Crippen molar-refractivity contribution >= 4 is 17.5 Å². The third kappa shape index (κ3) is 3.38. The molecular weight excluding hydrogens is 291 g/mol. The normalized spacial score (nSPS) is 11.5. The van der Waals surface area contributed by atoms with Crippen LogP contribution in [0.2, 0.25) is 0 Å². The lowest BCUT2D eigenvalue weighted by atomic mass is 10.2. The molecule has 0 fully saturated rings. The lowest BCUT2D eigenvalue weighted by Gasteiger charge is -2.05. The second kappa shape index (κ2) is 6.21. The van der Waals surface area contributed by atoms with Crippen molar-refractivity contribution in [1.29, 1.82) is 0 Å². The summed E-state index contributed by atoms with van der Waals surface area (Å²) >= 11 is 0. The number of aliphatic carboxylic acids is 1. The molecule has 22 heavy (non-hydrogen) atoms. The number of rotatable bonds is 5. The summed E-state index contributed by atoms with van der Waals surface area (Å²) < 4.78 is 14.4. The van der Waals surface area contributed by atoms with Crippen LogP contribution in [-0.4, -0.2) is 31.7 Å². The molecule has 0 bridgehead atoms. The summed E-state index contributed by atoms with van der Waals surface area (Å²) in [5.41, 5.74) is 1.62. The summed E-state index contributed by atoms with van der Waals surface area (Å²) in [6, 6.07) is 5.88. The van der Waals surface area contributed by atoms with Gasteiger partial charge in [-0.1, -0.05) is 12.1 Å². The Balaban J connectivity index is 2.24. The number of carbonyl (C=O) groups is 2. The Labute approximate surface area is 125 Å². The fourth-order valence-electron chi connectivity index (χ4n) is 1.88. The molecule has 0 atom stereocenters. The van der Waals surface area contributed by atoms with E-state index in [4.69, 9.17) is 5.11 Å². The van der Waals surface area contributed by atoms with E-state index in [0.29, 0.717) is 18.3 Å². The van der Waals surface area contributed by atoms with Crippen molar-refractivity contribution in [3.8, 4) is 0 Å². The van der Waals surface area contributed by atoms with E-state index in [1.54, 1.807) is 23.7 Å². The minimum atomic E-state index is -1.65. The molecule has 0 saturated heterocycles. The number of hydrogen-bond donors (Lipinski definition) is 2. The maximum atomic E-state index is 12.9. The number of aliphatic hydroxyl groups excluding tert-OH is 1. The average molecular weight is 304 g/mol. The Kier molecular flexibility index (Phi) is 4.36. The molecule has 2 rings (SSSR count). The Morgan fingerprint density at radius 2 is 1.91 bits per heavy atom. The third-order valence-corrected chi connectivity index (χ3v) is 3.10. The van der Waals surface area contributed by atoms with Crippen LogP contribution in [0.5, 0.6) is 0 Å². The topological polar surface area (TPSA) is 92.4 Å². The van der Waals surface area contributed by atoms with E-state index in [9.17, 15) is 19.1 Å². The summed E-state index contributed by atoms with van der Waals surface area (Å²) in [7, 11) is 0. The minimum absolute atomic E-state index is 0.261. The molecule has 6 nitrogen and oxygen atoms in total. The van der Waals surface area contributed by atoms with Crippen LogP contribution in [0.1, 0.15) is 16.8 Å². The van der Waals surface area contributed by atoms with Gasteiger partial charge >= 0.3 is 5.97 Å². The molecule has 1 heterocycles. The Bertz CT molecular complexity index is 747. The number of ketones is 1. The molecule has 1 aromatic heterocycles. The Morgan fingerprint density at radius 3 is 2.50 bits per heavy atom. The molecule has 2 aromatic rings. The third-order valence-electron chi connectivity index (χ3n) is 3.10. The zero-order valence-electron chi connectivity index (χ0n) is 11.7. The summed E-state index contributed by atoms with van der Waals surface area (Å²) in [6.07, 6.45) is 1.97. The molecule has 114 valence electrons. The Morgan fingerprint density at radius 1 is 1.27 bits per heavy atom. The second-order valence-electron chi connectivity index (χ2n) is 4.63. The van der Waals surface area contributed by atoms with Crippen molar-refractivity contribution in [2.24, 2.45) is 0 Å². The summed E-state index contributed by atoms with van der Waals surface area (Å²) in [5.74, 6) is -3.67. The monoisotopic (exact) mass is 304 g/mol. The van der Waals surface area contributed by atoms with Crippen molar-refractivity contribution in [1.82, 2.24) is 9.78 Å². The largest absolute Gasteiger partial charge is 0.507 e. The van der Waals surface area contributed by atoms with Crippen LogP contribution in [0.25, 0.3) is 5.76 Å². The first kappa shape index (κ1) is 15.4.